The zero-order valence-electron chi connectivity index (χ0n) is 7.97. The fraction of sp³-hybridized carbons (Fsp3) is 1.00. The lowest BCUT2D eigenvalue weighted by atomic mass is 10.6. The smallest absolute Gasteiger partial charge is 0.0323 e. The first-order chi connectivity index (χ1) is 5.35. The van der Waals surface area contributed by atoms with Crippen molar-refractivity contribution in [3.63, 3.8) is 0 Å². The maximum Gasteiger partial charge on any atom is -0.0323 e. The fourth-order valence-corrected chi connectivity index (χ4v) is 4.40. The van der Waals surface area contributed by atoms with Crippen LogP contribution in [0.25, 0.3) is 0 Å². The molecule has 1 atom stereocenters. The van der Waals surface area contributed by atoms with Crippen LogP contribution in [0.5, 0.6) is 0 Å². The topological polar surface area (TPSA) is 0 Å². The molecule has 0 spiro atoms. The van der Waals surface area contributed by atoms with Gasteiger partial charge in [0.2, 0.25) is 0 Å². The minimum Gasteiger partial charge on any atom is -0.138 e. The molecule has 0 aliphatic heterocycles. The van der Waals surface area contributed by atoms with Crippen molar-refractivity contribution in [1.82, 2.24) is 0 Å². The van der Waals surface area contributed by atoms with E-state index in [1.54, 1.807) is 0 Å². The normalized spacial score (nSPS) is 10.9. The van der Waals surface area contributed by atoms with Crippen LogP contribution < -0.4 is 0 Å². The highest BCUT2D eigenvalue weighted by atomic mass is 31.1. The third kappa shape index (κ3) is 7.23. The Morgan fingerprint density at radius 1 is 1.00 bits per heavy atom. The minimum absolute atomic E-state index is 0.420. The van der Waals surface area contributed by atoms with Crippen LogP contribution in [-0.4, -0.2) is 24.6 Å². The van der Waals surface area contributed by atoms with E-state index >= 15 is 0 Å². The quantitative estimate of drug-likeness (QED) is 0.541. The molecule has 0 nitrogen and oxygen atoms in total. The average Bonchev–Trinajstić information content (AvgIpc) is 2.01. The highest BCUT2D eigenvalue weighted by Gasteiger charge is 2.03. The second-order valence-electron chi connectivity index (χ2n) is 2.98. The third-order valence-electron chi connectivity index (χ3n) is 1.76. The van der Waals surface area contributed by atoms with Crippen molar-refractivity contribution in [2.24, 2.45) is 0 Å². The fourth-order valence-electron chi connectivity index (χ4n) is 1.28. The van der Waals surface area contributed by atoms with Crippen molar-refractivity contribution in [2.75, 3.05) is 24.6 Å². The molecule has 11 heavy (non-hydrogen) atoms. The summed E-state index contributed by atoms with van der Waals surface area (Å²) in [5, 5.41) is 0. The Bertz CT molecular complexity index is 68.0. The van der Waals surface area contributed by atoms with Gasteiger partial charge in [-0.15, -0.1) is 17.2 Å². The van der Waals surface area contributed by atoms with E-state index in [-0.39, 0.29) is 0 Å². The Hall–Kier alpha value is 0.860. The van der Waals surface area contributed by atoms with Gasteiger partial charge in [0.1, 0.15) is 0 Å². The molecule has 0 aromatic rings. The molecule has 0 amide bonds. The van der Waals surface area contributed by atoms with Crippen molar-refractivity contribution in [3.05, 3.63) is 0 Å². The van der Waals surface area contributed by atoms with E-state index in [0.717, 1.165) is 0 Å². The second kappa shape index (κ2) is 8.95. The molecule has 0 aromatic heterocycles. The van der Waals surface area contributed by atoms with E-state index in [1.807, 2.05) is 0 Å². The van der Waals surface area contributed by atoms with Crippen LogP contribution in [0.3, 0.4) is 0 Å². The van der Waals surface area contributed by atoms with Gasteiger partial charge in [0.25, 0.3) is 0 Å². The van der Waals surface area contributed by atoms with Crippen molar-refractivity contribution < 1.29 is 0 Å². The molecule has 0 aliphatic rings. The van der Waals surface area contributed by atoms with Gasteiger partial charge in [0, 0.05) is 0 Å². The van der Waals surface area contributed by atoms with Crippen LogP contribution in [0.15, 0.2) is 0 Å². The number of hydrogen-bond acceptors (Lipinski definition) is 0. The van der Waals surface area contributed by atoms with Crippen LogP contribution in [0.4, 0.5) is 0 Å². The molecule has 0 rings (SSSR count). The first-order valence-electron chi connectivity index (χ1n) is 4.77. The van der Waals surface area contributed by atoms with Gasteiger partial charge >= 0.3 is 0 Å². The summed E-state index contributed by atoms with van der Waals surface area (Å²) in [5.41, 5.74) is 0. The van der Waals surface area contributed by atoms with Crippen molar-refractivity contribution >= 4 is 17.2 Å². The van der Waals surface area contributed by atoms with Crippen LogP contribution in [0.2, 0.25) is 0 Å². The highest BCUT2D eigenvalue weighted by Crippen LogP contribution is 2.37. The maximum absolute atomic E-state index is 2.83. The SMILES string of the molecule is CCCP(CCC)CCCP. The van der Waals surface area contributed by atoms with Gasteiger partial charge in [-0.25, -0.2) is 0 Å². The molecule has 0 saturated heterocycles. The van der Waals surface area contributed by atoms with Gasteiger partial charge in [0.15, 0.2) is 0 Å². The Kier molecular flexibility index (Phi) is 9.65. The van der Waals surface area contributed by atoms with E-state index in [4.69, 9.17) is 0 Å². The monoisotopic (exact) mass is 192 g/mol. The molecule has 0 saturated carbocycles. The van der Waals surface area contributed by atoms with Crippen molar-refractivity contribution in [3.8, 4) is 0 Å². The molecule has 0 heterocycles. The summed E-state index contributed by atoms with van der Waals surface area (Å²) >= 11 is 0. The summed E-state index contributed by atoms with van der Waals surface area (Å²) in [6.45, 7) is 4.62. The van der Waals surface area contributed by atoms with E-state index in [2.05, 4.69) is 23.1 Å². The zero-order valence-corrected chi connectivity index (χ0v) is 10.0. The van der Waals surface area contributed by atoms with E-state index < -0.39 is 0 Å². The van der Waals surface area contributed by atoms with Crippen molar-refractivity contribution in [1.29, 1.82) is 0 Å². The summed E-state index contributed by atoms with van der Waals surface area (Å²) in [6.07, 6.45) is 10.0. The van der Waals surface area contributed by atoms with E-state index in [0.29, 0.717) is 7.92 Å². The Balaban J connectivity index is 3.34. The summed E-state index contributed by atoms with van der Waals surface area (Å²) < 4.78 is 0. The number of hydrogen-bond donors (Lipinski definition) is 0. The lowest BCUT2D eigenvalue weighted by Crippen LogP contribution is -1.94. The summed E-state index contributed by atoms with van der Waals surface area (Å²) in [4.78, 5) is 0. The van der Waals surface area contributed by atoms with Gasteiger partial charge in [-0.05, 0) is 31.1 Å². The molecular weight excluding hydrogens is 170 g/mol. The minimum atomic E-state index is 0.420. The van der Waals surface area contributed by atoms with Crippen LogP contribution in [0, 0.1) is 0 Å². The van der Waals surface area contributed by atoms with Crippen LogP contribution in [-0.2, 0) is 0 Å². The molecule has 0 radical (unpaired) electrons. The Morgan fingerprint density at radius 3 is 1.91 bits per heavy atom. The van der Waals surface area contributed by atoms with Gasteiger partial charge < -0.3 is 0 Å². The second-order valence-corrected chi connectivity index (χ2v) is 6.24. The molecule has 0 bridgehead atoms. The Morgan fingerprint density at radius 2 is 1.55 bits per heavy atom. The van der Waals surface area contributed by atoms with Crippen molar-refractivity contribution in [2.45, 2.75) is 33.1 Å². The molecule has 1 unspecified atom stereocenters. The number of rotatable bonds is 7. The lowest BCUT2D eigenvalue weighted by molar-refractivity contribution is 1.02. The van der Waals surface area contributed by atoms with Crippen LogP contribution >= 0.6 is 17.2 Å². The summed E-state index contributed by atoms with van der Waals surface area (Å²) in [7, 11) is 3.25. The zero-order chi connectivity index (χ0) is 8.53. The predicted octanol–water partition coefficient (Wildman–Crippen LogP) is 3.55. The van der Waals surface area contributed by atoms with Crippen LogP contribution in [0.1, 0.15) is 33.1 Å². The molecule has 0 aromatic carbocycles. The first kappa shape index (κ1) is 11.9. The maximum atomic E-state index is 2.83. The molecular formula is C9H22P2. The van der Waals surface area contributed by atoms with E-state index in [9.17, 15) is 0 Å². The molecule has 0 aliphatic carbocycles. The molecule has 0 fully saturated rings. The summed E-state index contributed by atoms with van der Waals surface area (Å²) in [5.74, 6) is 0. The Labute approximate surface area is 75.5 Å². The highest BCUT2D eigenvalue weighted by molar-refractivity contribution is 7.57. The average molecular weight is 192 g/mol. The molecule has 2 heteroatoms. The third-order valence-corrected chi connectivity index (χ3v) is 5.27. The van der Waals surface area contributed by atoms with Gasteiger partial charge in [-0.2, -0.15) is 0 Å². The van der Waals surface area contributed by atoms with E-state index in [1.165, 1.54) is 43.9 Å². The van der Waals surface area contributed by atoms with Gasteiger partial charge in [-0.1, -0.05) is 26.7 Å². The molecule has 0 N–H and O–H groups in total. The largest absolute Gasteiger partial charge is 0.138 e. The lowest BCUT2D eigenvalue weighted by Gasteiger charge is -2.14. The summed E-state index contributed by atoms with van der Waals surface area (Å²) in [6, 6.07) is 0. The standard InChI is InChI=1S/C9H22P2/c1-3-7-11(8-4-2)9-5-6-10/h3-10H2,1-2H3. The van der Waals surface area contributed by atoms with Gasteiger partial charge in [-0.3, -0.25) is 0 Å². The first-order valence-corrected chi connectivity index (χ1v) is 7.49. The predicted molar refractivity (Wildman–Crippen MR) is 61.3 cm³/mol. The molecule has 68 valence electrons. The van der Waals surface area contributed by atoms with Gasteiger partial charge in [0.05, 0.1) is 0 Å².